The van der Waals surface area contributed by atoms with Gasteiger partial charge < -0.3 is 5.73 Å². The third-order valence-corrected chi connectivity index (χ3v) is 2.76. The zero-order chi connectivity index (χ0) is 12.5. The molecule has 3 rings (SSSR count). The number of hydrogen-bond acceptors (Lipinski definition) is 4. The molecule has 2 aromatic heterocycles. The van der Waals surface area contributed by atoms with E-state index in [2.05, 4.69) is 15.1 Å². The van der Waals surface area contributed by atoms with E-state index in [-0.39, 0.29) is 4.99 Å². The molecule has 5 nitrogen and oxygen atoms in total. The van der Waals surface area contributed by atoms with Gasteiger partial charge in [-0.2, -0.15) is 0 Å². The highest BCUT2D eigenvalue weighted by Crippen LogP contribution is 2.18. The second-order valence-electron chi connectivity index (χ2n) is 3.73. The molecule has 0 aliphatic carbocycles. The number of aromatic nitrogens is 4. The van der Waals surface area contributed by atoms with E-state index in [0.29, 0.717) is 11.6 Å². The van der Waals surface area contributed by atoms with Gasteiger partial charge in [0.1, 0.15) is 11.3 Å². The molecule has 0 aliphatic rings. The van der Waals surface area contributed by atoms with Crippen molar-refractivity contribution >= 4 is 28.0 Å². The quantitative estimate of drug-likeness (QED) is 0.702. The smallest absolute Gasteiger partial charge is 0.208 e. The molecule has 0 bridgehead atoms. The van der Waals surface area contributed by atoms with Gasteiger partial charge in [-0.15, -0.1) is 5.10 Å². The lowest BCUT2D eigenvalue weighted by atomic mass is 10.2. The topological polar surface area (TPSA) is 69.6 Å². The minimum absolute atomic E-state index is 0.175. The fourth-order valence-corrected chi connectivity index (χ4v) is 1.86. The maximum absolute atomic E-state index is 5.49. The van der Waals surface area contributed by atoms with E-state index in [9.17, 15) is 0 Å². The third kappa shape index (κ3) is 1.72. The average molecular weight is 255 g/mol. The number of thiocarbonyl (C=S) groups is 1. The zero-order valence-corrected chi connectivity index (χ0v) is 10.1. The molecule has 1 aromatic carbocycles. The molecule has 2 N–H and O–H groups in total. The highest BCUT2D eigenvalue weighted by Gasteiger charge is 2.08. The van der Waals surface area contributed by atoms with Crippen LogP contribution in [0.4, 0.5) is 0 Å². The summed E-state index contributed by atoms with van der Waals surface area (Å²) < 4.78 is 1.58. The van der Waals surface area contributed by atoms with E-state index in [0.717, 1.165) is 10.8 Å². The van der Waals surface area contributed by atoms with Crippen LogP contribution in [0.5, 0.6) is 0 Å². The Kier molecular flexibility index (Phi) is 2.49. The first kappa shape index (κ1) is 10.8. The van der Waals surface area contributed by atoms with E-state index in [1.165, 1.54) is 0 Å². The molecule has 0 unspecified atom stereocenters. The molecule has 0 radical (unpaired) electrons. The number of hydrogen-bond donors (Lipinski definition) is 1. The Bertz CT molecular complexity index is 729. The minimum atomic E-state index is 0.175. The van der Waals surface area contributed by atoms with Crippen molar-refractivity contribution in [2.75, 3.05) is 0 Å². The van der Waals surface area contributed by atoms with Crippen LogP contribution in [0.15, 0.2) is 42.9 Å². The van der Waals surface area contributed by atoms with Crippen molar-refractivity contribution in [1.29, 1.82) is 0 Å². The molecule has 2 heterocycles. The lowest BCUT2D eigenvalue weighted by Gasteiger charge is -2.03. The Balaban J connectivity index is 2.21. The minimum Gasteiger partial charge on any atom is -0.387 e. The summed E-state index contributed by atoms with van der Waals surface area (Å²) in [5.74, 6) is 1.06. The number of nitrogens with two attached hydrogens (primary N) is 1. The largest absolute Gasteiger partial charge is 0.387 e. The van der Waals surface area contributed by atoms with Crippen LogP contribution in [0.25, 0.3) is 16.6 Å². The lowest BCUT2D eigenvalue weighted by Crippen LogP contribution is -2.12. The third-order valence-electron chi connectivity index (χ3n) is 2.58. The number of pyridine rings is 1. The van der Waals surface area contributed by atoms with E-state index < -0.39 is 0 Å². The van der Waals surface area contributed by atoms with Crippen molar-refractivity contribution in [3.05, 3.63) is 48.7 Å². The highest BCUT2D eigenvalue weighted by atomic mass is 32.1. The Labute approximate surface area is 108 Å². The maximum Gasteiger partial charge on any atom is 0.208 e. The van der Waals surface area contributed by atoms with Gasteiger partial charge in [0.15, 0.2) is 5.82 Å². The van der Waals surface area contributed by atoms with E-state index in [1.54, 1.807) is 17.2 Å². The van der Waals surface area contributed by atoms with Crippen LogP contribution in [0.1, 0.15) is 5.82 Å². The SMILES string of the molecule is NC(=S)c1ncn(-c2nccc3ccccc23)n1. The Morgan fingerprint density at radius 1 is 1.17 bits per heavy atom. The fourth-order valence-electron chi connectivity index (χ4n) is 1.76. The van der Waals surface area contributed by atoms with Crippen LogP contribution in [0.2, 0.25) is 0 Å². The standard InChI is InChI=1S/C12H9N5S/c13-10(18)11-15-7-17(16-11)12-9-4-2-1-3-8(9)5-6-14-12/h1-7H,(H2,13,18). The van der Waals surface area contributed by atoms with E-state index in [1.807, 2.05) is 30.3 Å². The van der Waals surface area contributed by atoms with Gasteiger partial charge in [0.2, 0.25) is 5.82 Å². The van der Waals surface area contributed by atoms with Gasteiger partial charge in [-0.05, 0) is 11.5 Å². The van der Waals surface area contributed by atoms with Gasteiger partial charge in [-0.3, -0.25) is 0 Å². The first-order valence-corrected chi connectivity index (χ1v) is 5.72. The summed E-state index contributed by atoms with van der Waals surface area (Å²) in [6.07, 6.45) is 3.29. The average Bonchev–Trinajstić information content (AvgIpc) is 2.87. The molecular weight excluding hydrogens is 246 g/mol. The second-order valence-corrected chi connectivity index (χ2v) is 4.17. The molecule has 0 fully saturated rings. The highest BCUT2D eigenvalue weighted by molar-refractivity contribution is 7.80. The zero-order valence-electron chi connectivity index (χ0n) is 9.32. The molecule has 6 heteroatoms. The van der Waals surface area contributed by atoms with Crippen LogP contribution in [-0.2, 0) is 0 Å². The van der Waals surface area contributed by atoms with E-state index in [4.69, 9.17) is 18.0 Å². The summed E-state index contributed by atoms with van der Waals surface area (Å²) in [6.45, 7) is 0. The molecule has 3 aromatic rings. The van der Waals surface area contributed by atoms with Gasteiger partial charge >= 0.3 is 0 Å². The molecule has 0 atom stereocenters. The fraction of sp³-hybridized carbons (Fsp3) is 0. The number of rotatable bonds is 2. The van der Waals surface area contributed by atoms with Crippen molar-refractivity contribution < 1.29 is 0 Å². The Morgan fingerprint density at radius 3 is 2.78 bits per heavy atom. The molecule has 18 heavy (non-hydrogen) atoms. The van der Waals surface area contributed by atoms with Crippen molar-refractivity contribution in [3.63, 3.8) is 0 Å². The monoisotopic (exact) mass is 255 g/mol. The first-order chi connectivity index (χ1) is 8.75. The predicted molar refractivity (Wildman–Crippen MR) is 72.5 cm³/mol. The van der Waals surface area contributed by atoms with Gasteiger partial charge in [-0.25, -0.2) is 14.6 Å². The molecule has 0 saturated heterocycles. The van der Waals surface area contributed by atoms with Crippen LogP contribution in [-0.4, -0.2) is 24.7 Å². The van der Waals surface area contributed by atoms with E-state index >= 15 is 0 Å². The van der Waals surface area contributed by atoms with Gasteiger partial charge in [-0.1, -0.05) is 36.5 Å². The van der Waals surface area contributed by atoms with Gasteiger partial charge in [0, 0.05) is 11.6 Å². The normalized spacial score (nSPS) is 10.7. The second kappa shape index (κ2) is 4.15. The molecular formula is C12H9N5S. The number of benzene rings is 1. The molecule has 0 saturated carbocycles. The lowest BCUT2D eigenvalue weighted by molar-refractivity contribution is 0.851. The van der Waals surface area contributed by atoms with Crippen LogP contribution < -0.4 is 5.73 Å². The molecule has 0 amide bonds. The Morgan fingerprint density at radius 2 is 2.00 bits per heavy atom. The van der Waals surface area contributed by atoms with Crippen molar-refractivity contribution in [2.24, 2.45) is 5.73 Å². The van der Waals surface area contributed by atoms with Crippen LogP contribution in [0, 0.1) is 0 Å². The predicted octanol–water partition coefficient (Wildman–Crippen LogP) is 1.45. The summed E-state index contributed by atoms with van der Waals surface area (Å²) in [5, 5.41) is 6.30. The van der Waals surface area contributed by atoms with Crippen LogP contribution in [0.3, 0.4) is 0 Å². The van der Waals surface area contributed by atoms with Crippen molar-refractivity contribution in [1.82, 2.24) is 19.7 Å². The summed E-state index contributed by atoms with van der Waals surface area (Å²) in [6, 6.07) is 9.89. The maximum atomic E-state index is 5.49. The summed E-state index contributed by atoms with van der Waals surface area (Å²) in [5.41, 5.74) is 5.49. The van der Waals surface area contributed by atoms with Crippen molar-refractivity contribution in [2.45, 2.75) is 0 Å². The number of fused-ring (bicyclic) bond motifs is 1. The first-order valence-electron chi connectivity index (χ1n) is 5.31. The van der Waals surface area contributed by atoms with Crippen LogP contribution >= 0.6 is 12.2 Å². The summed E-state index contributed by atoms with van der Waals surface area (Å²) in [4.78, 5) is 8.55. The van der Waals surface area contributed by atoms with Gasteiger partial charge in [0.05, 0.1) is 0 Å². The van der Waals surface area contributed by atoms with Crippen molar-refractivity contribution in [3.8, 4) is 5.82 Å². The number of nitrogens with zero attached hydrogens (tertiary/aromatic N) is 4. The Hall–Kier alpha value is -2.34. The molecule has 88 valence electrons. The molecule has 0 aliphatic heterocycles. The summed E-state index contributed by atoms with van der Waals surface area (Å²) in [7, 11) is 0. The summed E-state index contributed by atoms with van der Waals surface area (Å²) >= 11 is 4.84. The molecule has 0 spiro atoms. The van der Waals surface area contributed by atoms with Gasteiger partial charge in [0.25, 0.3) is 0 Å².